The van der Waals surface area contributed by atoms with E-state index in [0.29, 0.717) is 5.58 Å². The summed E-state index contributed by atoms with van der Waals surface area (Å²) in [6.07, 6.45) is 2.04. The largest absolute Gasteiger partial charge is 0.423 e. The number of hydrogen-bond donors (Lipinski definition) is 0. The molecule has 0 spiro atoms. The predicted molar refractivity (Wildman–Crippen MR) is 93.5 cm³/mol. The molecule has 23 heavy (non-hydrogen) atoms. The molecular weight excluding hydrogens is 288 g/mol. The second kappa shape index (κ2) is 5.02. The smallest absolute Gasteiger partial charge is 0.338 e. The van der Waals surface area contributed by atoms with Crippen LogP contribution in [-0.4, -0.2) is 11.6 Å². The van der Waals surface area contributed by atoms with Gasteiger partial charge in [-0.1, -0.05) is 12.1 Å². The van der Waals surface area contributed by atoms with Crippen LogP contribution in [0.5, 0.6) is 0 Å². The molecule has 2 aromatic heterocycles. The van der Waals surface area contributed by atoms with Crippen molar-refractivity contribution in [2.45, 2.75) is 0 Å². The van der Waals surface area contributed by atoms with Crippen molar-refractivity contribution < 1.29 is 4.42 Å². The fourth-order valence-corrected chi connectivity index (χ4v) is 2.99. The quantitative estimate of drug-likeness (QED) is 0.524. The van der Waals surface area contributed by atoms with Crippen molar-refractivity contribution >= 4 is 33.2 Å². The van der Waals surface area contributed by atoms with Crippen LogP contribution in [0.1, 0.15) is 0 Å². The summed E-state index contributed by atoms with van der Waals surface area (Å²) in [6, 6.07) is 17.5. The standard InChI is InChI=1S/C19H16N2O2/c1-20-10-9-13-11-14(7-8-16(13)20)21(2)17-12-19(22)23-18-6-4-3-5-15(17)18/h3-12H,1-2H3. The number of benzene rings is 2. The Bertz CT molecular complexity index is 1080. The number of fused-ring (bicyclic) bond motifs is 2. The maximum Gasteiger partial charge on any atom is 0.338 e. The Kier molecular flexibility index (Phi) is 2.98. The Balaban J connectivity index is 1.90. The molecule has 2 aromatic carbocycles. The Morgan fingerprint density at radius 1 is 1.04 bits per heavy atom. The molecule has 0 aliphatic heterocycles. The van der Waals surface area contributed by atoms with Gasteiger partial charge in [-0.05, 0) is 36.4 Å². The van der Waals surface area contributed by atoms with Crippen LogP contribution >= 0.6 is 0 Å². The van der Waals surface area contributed by atoms with E-state index < -0.39 is 0 Å². The third-order valence-corrected chi connectivity index (χ3v) is 4.25. The van der Waals surface area contributed by atoms with Crippen LogP contribution in [0.4, 0.5) is 11.4 Å². The van der Waals surface area contributed by atoms with Crippen molar-refractivity contribution in [3.63, 3.8) is 0 Å². The lowest BCUT2D eigenvalue weighted by atomic mass is 10.1. The minimum Gasteiger partial charge on any atom is -0.423 e. The first-order valence-electron chi connectivity index (χ1n) is 7.45. The zero-order chi connectivity index (χ0) is 16.0. The highest BCUT2D eigenvalue weighted by atomic mass is 16.4. The normalized spacial score (nSPS) is 11.2. The number of rotatable bonds is 2. The van der Waals surface area contributed by atoms with E-state index in [2.05, 4.69) is 28.8 Å². The third-order valence-electron chi connectivity index (χ3n) is 4.25. The summed E-state index contributed by atoms with van der Waals surface area (Å²) in [5.74, 6) is 0. The van der Waals surface area contributed by atoms with Crippen molar-refractivity contribution in [3.05, 3.63) is 71.2 Å². The van der Waals surface area contributed by atoms with Crippen molar-refractivity contribution in [1.82, 2.24) is 4.57 Å². The van der Waals surface area contributed by atoms with Crippen molar-refractivity contribution in [3.8, 4) is 0 Å². The molecule has 0 amide bonds. The van der Waals surface area contributed by atoms with Crippen LogP contribution in [0.25, 0.3) is 21.9 Å². The Hall–Kier alpha value is -3.01. The Morgan fingerprint density at radius 3 is 2.74 bits per heavy atom. The topological polar surface area (TPSA) is 38.4 Å². The molecule has 0 saturated carbocycles. The lowest BCUT2D eigenvalue weighted by Crippen LogP contribution is -2.12. The lowest BCUT2D eigenvalue weighted by molar-refractivity contribution is 0.561. The molecule has 0 fully saturated rings. The summed E-state index contributed by atoms with van der Waals surface area (Å²) in [7, 11) is 3.99. The summed E-state index contributed by atoms with van der Waals surface area (Å²) in [5.41, 5.74) is 3.31. The number of anilines is 2. The molecule has 0 aliphatic rings. The molecule has 114 valence electrons. The first-order valence-corrected chi connectivity index (χ1v) is 7.45. The molecule has 4 heteroatoms. The lowest BCUT2D eigenvalue weighted by Gasteiger charge is -2.21. The summed E-state index contributed by atoms with van der Waals surface area (Å²) in [4.78, 5) is 13.9. The molecule has 2 heterocycles. The first-order chi connectivity index (χ1) is 11.1. The molecule has 0 atom stereocenters. The van der Waals surface area contributed by atoms with Crippen LogP contribution < -0.4 is 10.5 Å². The minimum atomic E-state index is -0.341. The van der Waals surface area contributed by atoms with Gasteiger partial charge < -0.3 is 13.9 Å². The van der Waals surface area contributed by atoms with E-state index in [4.69, 9.17) is 4.42 Å². The van der Waals surface area contributed by atoms with Crippen molar-refractivity contribution in [2.75, 3.05) is 11.9 Å². The molecular formula is C19H16N2O2. The predicted octanol–water partition coefficient (Wildman–Crippen LogP) is 4.05. The Labute approximate surface area is 133 Å². The Morgan fingerprint density at radius 2 is 1.87 bits per heavy atom. The minimum absolute atomic E-state index is 0.341. The summed E-state index contributed by atoms with van der Waals surface area (Å²) in [6.45, 7) is 0. The van der Waals surface area contributed by atoms with Gasteiger partial charge in [0.1, 0.15) is 5.58 Å². The molecule has 0 aliphatic carbocycles. The van der Waals surface area contributed by atoms with E-state index in [1.807, 2.05) is 49.5 Å². The maximum atomic E-state index is 11.9. The van der Waals surface area contributed by atoms with E-state index in [1.165, 1.54) is 17.0 Å². The highest BCUT2D eigenvalue weighted by Crippen LogP contribution is 2.31. The monoisotopic (exact) mass is 304 g/mol. The van der Waals surface area contributed by atoms with E-state index in [1.54, 1.807) is 0 Å². The second-order valence-corrected chi connectivity index (χ2v) is 5.68. The zero-order valence-corrected chi connectivity index (χ0v) is 13.0. The molecule has 0 saturated heterocycles. The van der Waals surface area contributed by atoms with Crippen LogP contribution in [0.3, 0.4) is 0 Å². The molecule has 0 N–H and O–H groups in total. The molecule has 4 rings (SSSR count). The fourth-order valence-electron chi connectivity index (χ4n) is 2.99. The summed E-state index contributed by atoms with van der Waals surface area (Å²) >= 11 is 0. The number of para-hydroxylation sites is 1. The van der Waals surface area contributed by atoms with Gasteiger partial charge >= 0.3 is 5.63 Å². The van der Waals surface area contributed by atoms with Crippen LogP contribution in [0.15, 0.2) is 70.0 Å². The average molecular weight is 304 g/mol. The van der Waals surface area contributed by atoms with Gasteiger partial charge in [-0.15, -0.1) is 0 Å². The second-order valence-electron chi connectivity index (χ2n) is 5.68. The van der Waals surface area contributed by atoms with E-state index in [9.17, 15) is 4.79 Å². The molecule has 4 nitrogen and oxygen atoms in total. The van der Waals surface area contributed by atoms with E-state index >= 15 is 0 Å². The van der Waals surface area contributed by atoms with Gasteiger partial charge in [-0.3, -0.25) is 0 Å². The third kappa shape index (κ3) is 2.19. The SMILES string of the molecule is CN(c1ccc2c(ccn2C)c1)c1cc(=O)oc2ccccc12. The number of aryl methyl sites for hydroxylation is 1. The molecule has 0 unspecified atom stereocenters. The van der Waals surface area contributed by atoms with Crippen LogP contribution in [0.2, 0.25) is 0 Å². The maximum absolute atomic E-state index is 11.9. The number of nitrogens with zero attached hydrogens (tertiary/aromatic N) is 2. The van der Waals surface area contributed by atoms with Gasteiger partial charge in [0.15, 0.2) is 0 Å². The van der Waals surface area contributed by atoms with Crippen LogP contribution in [0, 0.1) is 0 Å². The van der Waals surface area contributed by atoms with E-state index in [0.717, 1.165) is 16.8 Å². The number of aromatic nitrogens is 1. The molecule has 0 bridgehead atoms. The molecule has 4 aromatic rings. The van der Waals surface area contributed by atoms with Gasteiger partial charge in [0.25, 0.3) is 0 Å². The van der Waals surface area contributed by atoms with Gasteiger partial charge in [0, 0.05) is 48.3 Å². The zero-order valence-electron chi connectivity index (χ0n) is 13.0. The van der Waals surface area contributed by atoms with Gasteiger partial charge in [0.05, 0.1) is 5.69 Å². The van der Waals surface area contributed by atoms with Gasteiger partial charge in [-0.25, -0.2) is 4.79 Å². The first kappa shape index (κ1) is 13.6. The summed E-state index contributed by atoms with van der Waals surface area (Å²) in [5, 5.41) is 2.09. The average Bonchev–Trinajstić information content (AvgIpc) is 2.94. The van der Waals surface area contributed by atoms with E-state index in [-0.39, 0.29) is 5.63 Å². The highest BCUT2D eigenvalue weighted by Gasteiger charge is 2.12. The van der Waals surface area contributed by atoms with Crippen molar-refractivity contribution in [2.24, 2.45) is 7.05 Å². The van der Waals surface area contributed by atoms with Crippen molar-refractivity contribution in [1.29, 1.82) is 0 Å². The number of hydrogen-bond acceptors (Lipinski definition) is 3. The van der Waals surface area contributed by atoms with Gasteiger partial charge in [0.2, 0.25) is 0 Å². The fraction of sp³-hybridized carbons (Fsp3) is 0.105. The highest BCUT2D eigenvalue weighted by molar-refractivity contribution is 5.93. The molecule has 0 radical (unpaired) electrons. The van der Waals surface area contributed by atoms with Gasteiger partial charge in [-0.2, -0.15) is 0 Å². The van der Waals surface area contributed by atoms with Crippen LogP contribution in [-0.2, 0) is 7.05 Å². The summed E-state index contributed by atoms with van der Waals surface area (Å²) < 4.78 is 7.37.